The van der Waals surface area contributed by atoms with Gasteiger partial charge in [-0.1, -0.05) is 55.4 Å². The van der Waals surface area contributed by atoms with E-state index in [1.165, 1.54) is 17.3 Å². The van der Waals surface area contributed by atoms with E-state index in [0.29, 0.717) is 5.16 Å². The first kappa shape index (κ1) is 19.2. The van der Waals surface area contributed by atoms with Gasteiger partial charge in [0, 0.05) is 11.3 Å². The largest absolute Gasteiger partial charge is 0.325 e. The van der Waals surface area contributed by atoms with Gasteiger partial charge in [-0.15, -0.1) is 10.2 Å². The van der Waals surface area contributed by atoms with Crippen molar-refractivity contribution in [3.63, 3.8) is 0 Å². The number of hydrogen-bond donors (Lipinski definition) is 2. The molecule has 1 amide bonds. The number of carbonyl (C=O) groups is 1. The van der Waals surface area contributed by atoms with Gasteiger partial charge in [0.25, 0.3) is 0 Å². The summed E-state index contributed by atoms with van der Waals surface area (Å²) in [6, 6.07) is 14.3. The Labute approximate surface area is 164 Å². The Kier molecular flexibility index (Phi) is 6.29. The standard InChI is InChI=1S/C21H24N4OS/c1-4-5-16-6-8-17(9-7-16)20-23-21(25-24-20)27-13-19(26)22-18-11-14(2)10-15(3)12-18/h6-12H,4-5,13H2,1-3H3,(H,22,26)(H,23,24,25). The number of aryl methyl sites for hydroxylation is 3. The number of aromatic amines is 1. The smallest absolute Gasteiger partial charge is 0.234 e. The monoisotopic (exact) mass is 380 g/mol. The molecule has 3 rings (SSSR count). The second kappa shape index (κ2) is 8.86. The van der Waals surface area contributed by atoms with Crippen molar-refractivity contribution in [2.45, 2.75) is 38.8 Å². The van der Waals surface area contributed by atoms with Crippen LogP contribution in [-0.4, -0.2) is 26.8 Å². The van der Waals surface area contributed by atoms with Crippen LogP contribution >= 0.6 is 11.8 Å². The Bertz CT molecular complexity index is 898. The number of rotatable bonds is 7. The molecule has 0 saturated heterocycles. The van der Waals surface area contributed by atoms with Gasteiger partial charge in [-0.3, -0.25) is 4.79 Å². The maximum Gasteiger partial charge on any atom is 0.234 e. The second-order valence-electron chi connectivity index (χ2n) is 6.64. The number of amides is 1. The Hall–Kier alpha value is -2.60. The third-order valence-corrected chi connectivity index (χ3v) is 4.94. The van der Waals surface area contributed by atoms with E-state index in [2.05, 4.69) is 45.6 Å². The summed E-state index contributed by atoms with van der Waals surface area (Å²) < 4.78 is 0. The Morgan fingerprint density at radius 3 is 2.44 bits per heavy atom. The summed E-state index contributed by atoms with van der Waals surface area (Å²) in [5, 5.41) is 11.9. The number of benzene rings is 2. The predicted octanol–water partition coefficient (Wildman–Crippen LogP) is 4.77. The number of thioether (sulfide) groups is 1. The highest BCUT2D eigenvalue weighted by Gasteiger charge is 2.09. The minimum absolute atomic E-state index is 0.0631. The van der Waals surface area contributed by atoms with E-state index in [9.17, 15) is 4.79 Å². The first-order valence-corrected chi connectivity index (χ1v) is 10.0. The summed E-state index contributed by atoms with van der Waals surface area (Å²) >= 11 is 1.34. The molecule has 0 atom stereocenters. The van der Waals surface area contributed by atoms with Crippen LogP contribution in [0.3, 0.4) is 0 Å². The zero-order valence-corrected chi connectivity index (χ0v) is 16.7. The van der Waals surface area contributed by atoms with Gasteiger partial charge in [-0.25, -0.2) is 0 Å². The molecule has 0 aliphatic heterocycles. The van der Waals surface area contributed by atoms with Crippen molar-refractivity contribution >= 4 is 23.4 Å². The highest BCUT2D eigenvalue weighted by molar-refractivity contribution is 7.99. The predicted molar refractivity (Wildman–Crippen MR) is 111 cm³/mol. The number of H-pyrrole nitrogens is 1. The minimum atomic E-state index is -0.0631. The van der Waals surface area contributed by atoms with E-state index in [-0.39, 0.29) is 11.7 Å². The lowest BCUT2D eigenvalue weighted by Gasteiger charge is -2.06. The quantitative estimate of drug-likeness (QED) is 0.579. The van der Waals surface area contributed by atoms with Crippen LogP contribution in [0.1, 0.15) is 30.0 Å². The fourth-order valence-corrected chi connectivity index (χ4v) is 3.54. The van der Waals surface area contributed by atoms with Gasteiger partial charge in [-0.05, 0) is 49.1 Å². The molecule has 3 aromatic rings. The summed E-state index contributed by atoms with van der Waals surface area (Å²) in [6.45, 7) is 6.20. The third kappa shape index (κ3) is 5.44. The van der Waals surface area contributed by atoms with Gasteiger partial charge >= 0.3 is 0 Å². The van der Waals surface area contributed by atoms with Gasteiger partial charge in [0.15, 0.2) is 11.0 Å². The number of hydrogen-bond acceptors (Lipinski definition) is 4. The molecular formula is C21H24N4OS. The third-order valence-electron chi connectivity index (χ3n) is 4.08. The maximum absolute atomic E-state index is 12.2. The Morgan fingerprint density at radius 1 is 1.07 bits per heavy atom. The van der Waals surface area contributed by atoms with Crippen molar-refractivity contribution in [3.05, 3.63) is 59.2 Å². The molecule has 0 spiro atoms. The van der Waals surface area contributed by atoms with Crippen molar-refractivity contribution in [1.29, 1.82) is 0 Å². The molecule has 0 unspecified atom stereocenters. The van der Waals surface area contributed by atoms with Crippen LogP contribution in [0.2, 0.25) is 0 Å². The van der Waals surface area contributed by atoms with Crippen LogP contribution in [0.25, 0.3) is 11.4 Å². The molecular weight excluding hydrogens is 356 g/mol. The average Bonchev–Trinajstić information content (AvgIpc) is 3.09. The van der Waals surface area contributed by atoms with Crippen molar-refractivity contribution < 1.29 is 4.79 Å². The highest BCUT2D eigenvalue weighted by atomic mass is 32.2. The Balaban J connectivity index is 1.56. The van der Waals surface area contributed by atoms with Crippen LogP contribution in [0.15, 0.2) is 47.6 Å². The maximum atomic E-state index is 12.2. The SMILES string of the molecule is CCCc1ccc(-c2nnc(SCC(=O)Nc3cc(C)cc(C)c3)[nH]2)cc1. The van der Waals surface area contributed by atoms with E-state index < -0.39 is 0 Å². The van der Waals surface area contributed by atoms with Crippen LogP contribution in [0.5, 0.6) is 0 Å². The first-order chi connectivity index (χ1) is 13.0. The molecule has 0 bridgehead atoms. The van der Waals surface area contributed by atoms with Crippen LogP contribution in [0, 0.1) is 13.8 Å². The van der Waals surface area contributed by atoms with Crippen LogP contribution in [-0.2, 0) is 11.2 Å². The summed E-state index contributed by atoms with van der Waals surface area (Å²) in [5.74, 6) is 0.930. The van der Waals surface area contributed by atoms with E-state index in [1.54, 1.807) is 0 Å². The molecule has 0 saturated carbocycles. The molecule has 1 aromatic heterocycles. The molecule has 0 radical (unpaired) electrons. The van der Waals surface area contributed by atoms with Gasteiger partial charge in [0.2, 0.25) is 5.91 Å². The van der Waals surface area contributed by atoms with E-state index in [1.807, 2.05) is 38.1 Å². The topological polar surface area (TPSA) is 70.7 Å². The molecule has 6 heteroatoms. The number of anilines is 1. The second-order valence-corrected chi connectivity index (χ2v) is 7.60. The molecule has 5 nitrogen and oxygen atoms in total. The molecule has 0 fully saturated rings. The van der Waals surface area contributed by atoms with Gasteiger partial charge in [0.05, 0.1) is 5.75 Å². The molecule has 2 N–H and O–H groups in total. The van der Waals surface area contributed by atoms with Crippen molar-refractivity contribution in [1.82, 2.24) is 15.2 Å². The average molecular weight is 381 g/mol. The zero-order chi connectivity index (χ0) is 19.2. The Morgan fingerprint density at radius 2 is 1.78 bits per heavy atom. The van der Waals surface area contributed by atoms with Crippen LogP contribution in [0.4, 0.5) is 5.69 Å². The zero-order valence-electron chi connectivity index (χ0n) is 15.9. The summed E-state index contributed by atoms with van der Waals surface area (Å²) in [4.78, 5) is 15.4. The van der Waals surface area contributed by atoms with Crippen molar-refractivity contribution in [2.24, 2.45) is 0 Å². The molecule has 140 valence electrons. The van der Waals surface area contributed by atoms with E-state index >= 15 is 0 Å². The number of nitrogens with zero attached hydrogens (tertiary/aromatic N) is 2. The van der Waals surface area contributed by atoms with Gasteiger partial charge in [-0.2, -0.15) is 0 Å². The normalized spacial score (nSPS) is 10.8. The lowest BCUT2D eigenvalue weighted by molar-refractivity contribution is -0.113. The lowest BCUT2D eigenvalue weighted by atomic mass is 10.1. The number of nitrogens with one attached hydrogen (secondary N) is 2. The summed E-state index contributed by atoms with van der Waals surface area (Å²) in [6.07, 6.45) is 2.21. The number of aromatic nitrogens is 3. The molecule has 1 heterocycles. The summed E-state index contributed by atoms with van der Waals surface area (Å²) in [7, 11) is 0. The fraction of sp³-hybridized carbons (Fsp3) is 0.286. The van der Waals surface area contributed by atoms with Crippen LogP contribution < -0.4 is 5.32 Å². The molecule has 0 aliphatic carbocycles. The first-order valence-electron chi connectivity index (χ1n) is 9.06. The molecule has 0 aliphatic rings. The van der Waals surface area contributed by atoms with Crippen molar-refractivity contribution in [3.8, 4) is 11.4 Å². The van der Waals surface area contributed by atoms with Gasteiger partial charge < -0.3 is 10.3 Å². The molecule has 2 aromatic carbocycles. The van der Waals surface area contributed by atoms with Crippen molar-refractivity contribution in [2.75, 3.05) is 11.1 Å². The highest BCUT2D eigenvalue weighted by Crippen LogP contribution is 2.21. The summed E-state index contributed by atoms with van der Waals surface area (Å²) in [5.41, 5.74) is 5.39. The van der Waals surface area contributed by atoms with E-state index in [4.69, 9.17) is 0 Å². The van der Waals surface area contributed by atoms with E-state index in [0.717, 1.165) is 41.0 Å². The fourth-order valence-electron chi connectivity index (χ4n) is 2.94. The number of carbonyl (C=O) groups excluding carboxylic acids is 1. The molecule has 27 heavy (non-hydrogen) atoms. The van der Waals surface area contributed by atoms with Gasteiger partial charge in [0.1, 0.15) is 0 Å². The lowest BCUT2D eigenvalue weighted by Crippen LogP contribution is -2.14. The minimum Gasteiger partial charge on any atom is -0.325 e.